The van der Waals surface area contributed by atoms with Gasteiger partial charge in [0.15, 0.2) is 0 Å². The Kier molecular flexibility index (Phi) is 5.35. The molecule has 0 radical (unpaired) electrons. The molecule has 19 heavy (non-hydrogen) atoms. The fourth-order valence-electron chi connectivity index (χ4n) is 2.18. The Morgan fingerprint density at radius 3 is 3.00 bits per heavy atom. The third-order valence-corrected chi connectivity index (χ3v) is 5.83. The van der Waals surface area contributed by atoms with Gasteiger partial charge in [0.05, 0.1) is 11.0 Å². The maximum absolute atomic E-state index is 12.1. The Morgan fingerprint density at radius 2 is 2.32 bits per heavy atom. The van der Waals surface area contributed by atoms with E-state index in [9.17, 15) is 8.42 Å². The van der Waals surface area contributed by atoms with E-state index in [1.807, 2.05) is 0 Å². The van der Waals surface area contributed by atoms with Crippen molar-refractivity contribution in [1.29, 1.82) is 0 Å². The highest BCUT2D eigenvalue weighted by molar-refractivity contribution is 7.89. The largest absolute Gasteiger partial charge is 0.378 e. The Labute approximate surface area is 118 Å². The molecule has 1 aromatic rings. The fourth-order valence-corrected chi connectivity index (χ4v) is 4.56. The van der Waals surface area contributed by atoms with Crippen LogP contribution >= 0.6 is 11.3 Å². The molecule has 0 bridgehead atoms. The number of nitrogens with one attached hydrogen (secondary N) is 1. The number of hydrogen-bond acceptors (Lipinski definition) is 5. The Morgan fingerprint density at radius 1 is 1.47 bits per heavy atom. The molecule has 1 aliphatic rings. The fraction of sp³-hybridized carbons (Fsp3) is 0.667. The molecule has 5 nitrogen and oxygen atoms in total. The van der Waals surface area contributed by atoms with Gasteiger partial charge in [0, 0.05) is 24.6 Å². The summed E-state index contributed by atoms with van der Waals surface area (Å²) in [6.07, 6.45) is 4.21. The zero-order valence-corrected chi connectivity index (χ0v) is 12.4. The van der Waals surface area contributed by atoms with Gasteiger partial charge in [0.2, 0.25) is 10.0 Å². The molecule has 2 heterocycles. The van der Waals surface area contributed by atoms with Crippen LogP contribution in [0.25, 0.3) is 0 Å². The first kappa shape index (κ1) is 14.9. The average molecular weight is 304 g/mol. The van der Waals surface area contributed by atoms with Gasteiger partial charge in [0.1, 0.15) is 0 Å². The van der Waals surface area contributed by atoms with Gasteiger partial charge in [-0.25, -0.2) is 13.1 Å². The lowest BCUT2D eigenvalue weighted by atomic mass is 10.1. The molecule has 0 spiro atoms. The number of ether oxygens (including phenoxy) is 1. The van der Waals surface area contributed by atoms with Gasteiger partial charge in [-0.05, 0) is 37.1 Å². The topological polar surface area (TPSA) is 81.4 Å². The van der Waals surface area contributed by atoms with E-state index in [0.29, 0.717) is 16.3 Å². The number of rotatable bonds is 6. The Hall–Kier alpha value is -0.470. The minimum atomic E-state index is -3.44. The van der Waals surface area contributed by atoms with Crippen molar-refractivity contribution in [3.05, 3.63) is 16.3 Å². The maximum Gasteiger partial charge on any atom is 0.241 e. The van der Waals surface area contributed by atoms with E-state index in [1.54, 1.807) is 11.4 Å². The summed E-state index contributed by atoms with van der Waals surface area (Å²) >= 11 is 1.37. The third kappa shape index (κ3) is 4.00. The third-order valence-electron chi connectivity index (χ3n) is 3.21. The first-order valence-electron chi connectivity index (χ1n) is 6.51. The lowest BCUT2D eigenvalue weighted by Gasteiger charge is -2.22. The second-order valence-electron chi connectivity index (χ2n) is 4.59. The quantitative estimate of drug-likeness (QED) is 0.833. The van der Waals surface area contributed by atoms with Crippen LogP contribution in [0.1, 0.15) is 30.6 Å². The van der Waals surface area contributed by atoms with Crippen molar-refractivity contribution in [2.24, 2.45) is 5.73 Å². The number of hydrogen-bond donors (Lipinski definition) is 2. The minimum absolute atomic E-state index is 0.188. The van der Waals surface area contributed by atoms with Crippen LogP contribution in [-0.4, -0.2) is 27.7 Å². The molecule has 1 saturated heterocycles. The first-order valence-corrected chi connectivity index (χ1v) is 8.87. The van der Waals surface area contributed by atoms with E-state index in [2.05, 4.69) is 4.72 Å². The summed E-state index contributed by atoms with van der Waals surface area (Å²) in [6.45, 7) is 1.45. The van der Waals surface area contributed by atoms with E-state index < -0.39 is 10.0 Å². The summed E-state index contributed by atoms with van der Waals surface area (Å²) in [5.41, 5.74) is 5.54. The molecular formula is C12H20N2O3S2. The predicted octanol–water partition coefficient (Wildman–Crippen LogP) is 1.44. The molecule has 0 amide bonds. The zero-order chi connectivity index (χ0) is 13.7. The Balaban J connectivity index is 1.87. The van der Waals surface area contributed by atoms with Gasteiger partial charge in [0.25, 0.3) is 0 Å². The molecule has 3 N–H and O–H groups in total. The molecule has 1 fully saturated rings. The summed E-state index contributed by atoms with van der Waals surface area (Å²) < 4.78 is 32.4. The Bertz CT molecular complexity index is 493. The average Bonchev–Trinajstić information content (AvgIpc) is 2.89. The molecule has 1 atom stereocenters. The number of thiophene rings is 1. The summed E-state index contributed by atoms with van der Waals surface area (Å²) in [5.74, 6) is 0. The van der Waals surface area contributed by atoms with Crippen molar-refractivity contribution >= 4 is 21.4 Å². The lowest BCUT2D eigenvalue weighted by Crippen LogP contribution is -2.29. The smallest absolute Gasteiger partial charge is 0.241 e. The second kappa shape index (κ2) is 6.81. The van der Waals surface area contributed by atoms with Crippen LogP contribution in [-0.2, 0) is 21.3 Å². The van der Waals surface area contributed by atoms with Gasteiger partial charge in [-0.1, -0.05) is 0 Å². The van der Waals surface area contributed by atoms with Crippen LogP contribution in [0.5, 0.6) is 0 Å². The van der Waals surface area contributed by atoms with Crippen molar-refractivity contribution in [1.82, 2.24) is 4.72 Å². The standard InChI is InChI=1S/C12H20N2O3S2/c13-9-11-12(5-8-18-11)19(15,16)14-6-4-10-3-1-2-7-17-10/h5,8,10,14H,1-4,6-7,9,13H2. The van der Waals surface area contributed by atoms with Gasteiger partial charge >= 0.3 is 0 Å². The number of sulfonamides is 1. The van der Waals surface area contributed by atoms with E-state index in [0.717, 1.165) is 25.9 Å². The molecule has 0 aromatic carbocycles. The molecule has 2 rings (SSSR count). The van der Waals surface area contributed by atoms with Gasteiger partial charge in [-0.2, -0.15) is 0 Å². The molecule has 0 saturated carbocycles. The highest BCUT2D eigenvalue weighted by atomic mass is 32.2. The highest BCUT2D eigenvalue weighted by Gasteiger charge is 2.20. The van der Waals surface area contributed by atoms with Crippen LogP contribution in [0.15, 0.2) is 16.3 Å². The summed E-state index contributed by atoms with van der Waals surface area (Å²) in [4.78, 5) is 1.01. The van der Waals surface area contributed by atoms with Crippen molar-refractivity contribution < 1.29 is 13.2 Å². The van der Waals surface area contributed by atoms with Crippen LogP contribution < -0.4 is 10.5 Å². The van der Waals surface area contributed by atoms with Crippen LogP contribution in [0.2, 0.25) is 0 Å². The van der Waals surface area contributed by atoms with E-state index in [1.165, 1.54) is 17.8 Å². The zero-order valence-electron chi connectivity index (χ0n) is 10.8. The van der Waals surface area contributed by atoms with Crippen LogP contribution in [0.4, 0.5) is 0 Å². The second-order valence-corrected chi connectivity index (χ2v) is 7.32. The van der Waals surface area contributed by atoms with Crippen molar-refractivity contribution in [3.8, 4) is 0 Å². The first-order chi connectivity index (χ1) is 9.13. The van der Waals surface area contributed by atoms with Crippen molar-refractivity contribution in [3.63, 3.8) is 0 Å². The monoisotopic (exact) mass is 304 g/mol. The summed E-state index contributed by atoms with van der Waals surface area (Å²) in [6, 6.07) is 1.60. The summed E-state index contributed by atoms with van der Waals surface area (Å²) in [7, 11) is -3.44. The summed E-state index contributed by atoms with van der Waals surface area (Å²) in [5, 5.41) is 1.75. The SMILES string of the molecule is NCc1sccc1S(=O)(=O)NCCC1CCCCO1. The minimum Gasteiger partial charge on any atom is -0.378 e. The van der Waals surface area contributed by atoms with Crippen molar-refractivity contribution in [2.75, 3.05) is 13.2 Å². The molecular weight excluding hydrogens is 284 g/mol. The van der Waals surface area contributed by atoms with E-state index in [4.69, 9.17) is 10.5 Å². The number of nitrogens with two attached hydrogens (primary N) is 1. The molecule has 108 valence electrons. The molecule has 1 aromatic heterocycles. The van der Waals surface area contributed by atoms with Crippen LogP contribution in [0, 0.1) is 0 Å². The molecule has 1 unspecified atom stereocenters. The molecule has 7 heteroatoms. The maximum atomic E-state index is 12.1. The van der Waals surface area contributed by atoms with E-state index >= 15 is 0 Å². The molecule has 0 aliphatic carbocycles. The van der Waals surface area contributed by atoms with E-state index in [-0.39, 0.29) is 12.6 Å². The van der Waals surface area contributed by atoms with Crippen molar-refractivity contribution in [2.45, 2.75) is 43.2 Å². The van der Waals surface area contributed by atoms with Crippen LogP contribution in [0.3, 0.4) is 0 Å². The normalized spacial score (nSPS) is 20.6. The van der Waals surface area contributed by atoms with Gasteiger partial charge in [-0.15, -0.1) is 11.3 Å². The highest BCUT2D eigenvalue weighted by Crippen LogP contribution is 2.21. The van der Waals surface area contributed by atoms with Gasteiger partial charge < -0.3 is 10.5 Å². The molecule has 1 aliphatic heterocycles. The predicted molar refractivity (Wildman–Crippen MR) is 75.6 cm³/mol. The van der Waals surface area contributed by atoms with Gasteiger partial charge in [-0.3, -0.25) is 0 Å². The lowest BCUT2D eigenvalue weighted by molar-refractivity contribution is 0.0123.